The van der Waals surface area contributed by atoms with E-state index in [2.05, 4.69) is 10.6 Å². The molecule has 1 saturated heterocycles. The minimum atomic E-state index is -0.498. The zero-order valence-corrected chi connectivity index (χ0v) is 17.4. The van der Waals surface area contributed by atoms with E-state index in [4.69, 9.17) is 16.3 Å². The van der Waals surface area contributed by atoms with Crippen molar-refractivity contribution in [2.75, 3.05) is 32.1 Å². The number of hydrogen-bond acceptors (Lipinski definition) is 4. The van der Waals surface area contributed by atoms with Crippen LogP contribution in [0.15, 0.2) is 48.5 Å². The summed E-state index contributed by atoms with van der Waals surface area (Å²) in [7, 11) is 1.57. The van der Waals surface area contributed by atoms with Gasteiger partial charge in [0.25, 0.3) is 11.8 Å². The first-order valence-corrected chi connectivity index (χ1v) is 10.1. The van der Waals surface area contributed by atoms with E-state index < -0.39 is 6.04 Å². The average molecular weight is 430 g/mol. The van der Waals surface area contributed by atoms with Crippen LogP contribution in [-0.4, -0.2) is 55.5 Å². The molecule has 3 rings (SSSR count). The second-order valence-corrected chi connectivity index (χ2v) is 7.42. The van der Waals surface area contributed by atoms with Gasteiger partial charge in [0.2, 0.25) is 5.91 Å². The van der Waals surface area contributed by atoms with Crippen LogP contribution in [0.25, 0.3) is 0 Å². The summed E-state index contributed by atoms with van der Waals surface area (Å²) in [5.41, 5.74) is 1.38. The van der Waals surface area contributed by atoms with Gasteiger partial charge in [-0.1, -0.05) is 17.7 Å². The fourth-order valence-corrected chi connectivity index (χ4v) is 3.50. The van der Waals surface area contributed by atoms with Gasteiger partial charge in [-0.3, -0.25) is 14.4 Å². The first-order chi connectivity index (χ1) is 14.5. The Bertz CT molecular complexity index is 917. The van der Waals surface area contributed by atoms with E-state index >= 15 is 0 Å². The molecule has 2 aromatic rings. The van der Waals surface area contributed by atoms with Gasteiger partial charge in [0.1, 0.15) is 6.04 Å². The first kappa shape index (κ1) is 21.8. The van der Waals surface area contributed by atoms with Crippen LogP contribution in [0.3, 0.4) is 0 Å². The quantitative estimate of drug-likeness (QED) is 0.662. The molecule has 2 aromatic carbocycles. The Morgan fingerprint density at radius 3 is 2.63 bits per heavy atom. The van der Waals surface area contributed by atoms with E-state index in [-0.39, 0.29) is 17.7 Å². The lowest BCUT2D eigenvalue weighted by Crippen LogP contribution is -2.46. The molecule has 1 aliphatic rings. The van der Waals surface area contributed by atoms with E-state index in [9.17, 15) is 14.4 Å². The number of halogens is 1. The summed E-state index contributed by atoms with van der Waals surface area (Å²) in [6, 6.07) is 12.8. The molecule has 1 heterocycles. The number of methoxy groups -OCH3 is 1. The Morgan fingerprint density at radius 1 is 1.13 bits per heavy atom. The van der Waals surface area contributed by atoms with Gasteiger partial charge in [-0.15, -0.1) is 0 Å². The number of ether oxygens (including phenoxy) is 1. The molecule has 1 atom stereocenters. The molecule has 7 nitrogen and oxygen atoms in total. The maximum atomic E-state index is 13.0. The summed E-state index contributed by atoms with van der Waals surface area (Å²) in [4.78, 5) is 39.5. The van der Waals surface area contributed by atoms with E-state index in [0.717, 1.165) is 6.42 Å². The van der Waals surface area contributed by atoms with Crippen LogP contribution in [0.1, 0.15) is 33.6 Å². The fourth-order valence-electron chi connectivity index (χ4n) is 3.38. The Kier molecular flexibility index (Phi) is 7.43. The highest BCUT2D eigenvalue weighted by Crippen LogP contribution is 2.22. The predicted molar refractivity (Wildman–Crippen MR) is 115 cm³/mol. The first-order valence-electron chi connectivity index (χ1n) is 9.74. The number of carbonyl (C=O) groups is 3. The SMILES string of the molecule is COCCNC(=O)[C@H]1CCCN1C(=O)c1cccc(NC(=O)c2ccc(Cl)cc2)c1. The number of nitrogens with zero attached hydrogens (tertiary/aromatic N) is 1. The molecule has 0 spiro atoms. The standard InChI is InChI=1S/C22H24ClN3O4/c1-30-13-11-24-21(28)19-6-3-12-26(19)22(29)16-4-2-5-18(14-16)25-20(27)15-7-9-17(23)10-8-15/h2,4-5,7-10,14,19H,3,6,11-13H2,1H3,(H,24,28)(H,25,27)/t19-/m1/s1. The summed E-state index contributed by atoms with van der Waals surface area (Å²) in [6.45, 7) is 1.34. The lowest BCUT2D eigenvalue weighted by Gasteiger charge is -2.24. The number of benzene rings is 2. The molecule has 1 fully saturated rings. The number of anilines is 1. The molecule has 2 N–H and O–H groups in total. The largest absolute Gasteiger partial charge is 0.383 e. The Hall–Kier alpha value is -2.90. The molecule has 3 amide bonds. The maximum Gasteiger partial charge on any atom is 0.255 e. The van der Waals surface area contributed by atoms with Gasteiger partial charge in [0.15, 0.2) is 0 Å². The van der Waals surface area contributed by atoms with Crippen molar-refractivity contribution in [1.82, 2.24) is 10.2 Å². The van der Waals surface area contributed by atoms with Crippen LogP contribution < -0.4 is 10.6 Å². The highest BCUT2D eigenvalue weighted by atomic mass is 35.5. The smallest absolute Gasteiger partial charge is 0.255 e. The highest BCUT2D eigenvalue weighted by molar-refractivity contribution is 6.30. The van der Waals surface area contributed by atoms with Crippen molar-refractivity contribution in [1.29, 1.82) is 0 Å². The minimum Gasteiger partial charge on any atom is -0.383 e. The van der Waals surface area contributed by atoms with Gasteiger partial charge >= 0.3 is 0 Å². The molecule has 8 heteroatoms. The number of likely N-dealkylation sites (tertiary alicyclic amines) is 1. The Balaban J connectivity index is 1.68. The van der Waals surface area contributed by atoms with Gasteiger partial charge in [0.05, 0.1) is 6.61 Å². The van der Waals surface area contributed by atoms with Crippen LogP contribution in [0.4, 0.5) is 5.69 Å². The number of hydrogen-bond donors (Lipinski definition) is 2. The van der Waals surface area contributed by atoms with Crippen molar-refractivity contribution in [3.8, 4) is 0 Å². The van der Waals surface area contributed by atoms with E-state index in [1.165, 1.54) is 0 Å². The zero-order chi connectivity index (χ0) is 21.5. The van der Waals surface area contributed by atoms with Crippen molar-refractivity contribution < 1.29 is 19.1 Å². The highest BCUT2D eigenvalue weighted by Gasteiger charge is 2.34. The maximum absolute atomic E-state index is 13.0. The van der Waals surface area contributed by atoms with Crippen molar-refractivity contribution in [3.63, 3.8) is 0 Å². The summed E-state index contributed by atoms with van der Waals surface area (Å²) < 4.78 is 4.94. The molecule has 0 saturated carbocycles. The van der Waals surface area contributed by atoms with E-state index in [1.807, 2.05) is 0 Å². The van der Waals surface area contributed by atoms with Gasteiger partial charge in [-0.2, -0.15) is 0 Å². The number of nitrogens with one attached hydrogen (secondary N) is 2. The molecule has 0 bridgehead atoms. The third-order valence-corrected chi connectivity index (χ3v) is 5.15. The van der Waals surface area contributed by atoms with Crippen molar-refractivity contribution in [2.24, 2.45) is 0 Å². The molecular weight excluding hydrogens is 406 g/mol. The monoisotopic (exact) mass is 429 g/mol. The number of rotatable bonds is 7. The molecule has 1 aliphatic heterocycles. The van der Waals surface area contributed by atoms with Crippen LogP contribution in [0, 0.1) is 0 Å². The van der Waals surface area contributed by atoms with Gasteiger partial charge in [-0.25, -0.2) is 0 Å². The zero-order valence-electron chi connectivity index (χ0n) is 16.7. The molecule has 0 aromatic heterocycles. The molecule has 0 aliphatic carbocycles. The van der Waals surface area contributed by atoms with Crippen molar-refractivity contribution >= 4 is 35.0 Å². The lowest BCUT2D eigenvalue weighted by molar-refractivity contribution is -0.125. The van der Waals surface area contributed by atoms with Gasteiger partial charge in [0, 0.05) is 42.0 Å². The average Bonchev–Trinajstić information content (AvgIpc) is 3.24. The summed E-state index contributed by atoms with van der Waals surface area (Å²) >= 11 is 5.86. The molecule has 0 radical (unpaired) electrons. The van der Waals surface area contributed by atoms with E-state index in [1.54, 1.807) is 60.5 Å². The third-order valence-electron chi connectivity index (χ3n) is 4.90. The predicted octanol–water partition coefficient (Wildman–Crippen LogP) is 2.96. The number of carbonyl (C=O) groups excluding carboxylic acids is 3. The lowest BCUT2D eigenvalue weighted by atomic mass is 10.1. The third kappa shape index (κ3) is 5.37. The fraction of sp³-hybridized carbons (Fsp3) is 0.318. The molecule has 30 heavy (non-hydrogen) atoms. The van der Waals surface area contributed by atoms with Gasteiger partial charge in [-0.05, 0) is 55.3 Å². The van der Waals surface area contributed by atoms with Crippen molar-refractivity contribution in [2.45, 2.75) is 18.9 Å². The summed E-state index contributed by atoms with van der Waals surface area (Å²) in [5.74, 6) is -0.708. The molecule has 0 unspecified atom stereocenters. The molecule has 158 valence electrons. The second kappa shape index (κ2) is 10.2. The van der Waals surface area contributed by atoms with Crippen LogP contribution >= 0.6 is 11.6 Å². The topological polar surface area (TPSA) is 87.7 Å². The summed E-state index contributed by atoms with van der Waals surface area (Å²) in [6.07, 6.45) is 1.39. The van der Waals surface area contributed by atoms with Crippen LogP contribution in [0.5, 0.6) is 0 Å². The van der Waals surface area contributed by atoms with Crippen LogP contribution in [0.2, 0.25) is 5.02 Å². The Morgan fingerprint density at radius 2 is 1.90 bits per heavy atom. The number of amides is 3. The summed E-state index contributed by atoms with van der Waals surface area (Å²) in [5, 5.41) is 6.13. The minimum absolute atomic E-state index is 0.176. The van der Waals surface area contributed by atoms with E-state index in [0.29, 0.717) is 48.0 Å². The second-order valence-electron chi connectivity index (χ2n) is 6.98. The normalized spacial score (nSPS) is 15.7. The van der Waals surface area contributed by atoms with Crippen molar-refractivity contribution in [3.05, 3.63) is 64.7 Å². The van der Waals surface area contributed by atoms with Crippen LogP contribution in [-0.2, 0) is 9.53 Å². The van der Waals surface area contributed by atoms with Gasteiger partial charge < -0.3 is 20.3 Å². The molecular formula is C22H24ClN3O4. The Labute approximate surface area is 180 Å².